The Balaban J connectivity index is 2.17. The van der Waals surface area contributed by atoms with Gasteiger partial charge in [-0.25, -0.2) is 0 Å². The largest absolute Gasteiger partial charge is 0.457 e. The first-order valence-electron chi connectivity index (χ1n) is 6.28. The summed E-state index contributed by atoms with van der Waals surface area (Å²) < 4.78 is 5.72. The van der Waals surface area contributed by atoms with Gasteiger partial charge >= 0.3 is 0 Å². The maximum absolute atomic E-state index is 11.1. The summed E-state index contributed by atoms with van der Waals surface area (Å²) in [4.78, 5) is 15.2. The minimum atomic E-state index is 0.0669. The van der Waals surface area contributed by atoms with E-state index in [0.29, 0.717) is 29.3 Å². The number of hydrogen-bond acceptors (Lipinski definition) is 5. The van der Waals surface area contributed by atoms with Crippen LogP contribution in [0, 0.1) is 0 Å². The molecule has 0 amide bonds. The smallest absolute Gasteiger partial charge is 0.135 e. The van der Waals surface area contributed by atoms with Gasteiger partial charge in [0.25, 0.3) is 0 Å². The van der Waals surface area contributed by atoms with Crippen LogP contribution in [0.5, 0.6) is 11.5 Å². The van der Waals surface area contributed by atoms with Gasteiger partial charge in [-0.05, 0) is 25.1 Å². The predicted molar refractivity (Wildman–Crippen MR) is 79.1 cm³/mol. The number of carbonyl (C=O) groups excluding carboxylic acids is 1. The number of nitrogens with one attached hydrogen (secondary N) is 1. The molecule has 0 saturated heterocycles. The molecule has 1 heterocycles. The maximum atomic E-state index is 11.1. The molecule has 5 heteroatoms. The zero-order chi connectivity index (χ0) is 14.5. The second-order valence-electron chi connectivity index (χ2n) is 4.46. The number of nitrogen functional groups attached to an aromatic ring is 1. The van der Waals surface area contributed by atoms with Gasteiger partial charge in [0.15, 0.2) is 0 Å². The van der Waals surface area contributed by atoms with E-state index in [9.17, 15) is 4.79 Å². The van der Waals surface area contributed by atoms with E-state index in [1.165, 1.54) is 6.92 Å². The number of carbonyl (C=O) groups is 1. The fourth-order valence-electron chi connectivity index (χ4n) is 1.84. The molecule has 104 valence electrons. The van der Waals surface area contributed by atoms with Gasteiger partial charge in [-0.1, -0.05) is 0 Å². The van der Waals surface area contributed by atoms with Crippen LogP contribution in [0.3, 0.4) is 0 Å². The quantitative estimate of drug-likeness (QED) is 0.817. The maximum Gasteiger partial charge on any atom is 0.135 e. The molecule has 0 aliphatic carbocycles. The van der Waals surface area contributed by atoms with Gasteiger partial charge in [0.05, 0.1) is 17.1 Å². The summed E-state index contributed by atoms with van der Waals surface area (Å²) in [6.07, 6.45) is 1.93. The molecule has 0 atom stereocenters. The Bertz CT molecular complexity index is 626. The van der Waals surface area contributed by atoms with E-state index in [4.69, 9.17) is 10.5 Å². The molecule has 0 radical (unpaired) electrons. The fourth-order valence-corrected chi connectivity index (χ4v) is 1.84. The highest BCUT2D eigenvalue weighted by Crippen LogP contribution is 2.27. The van der Waals surface area contributed by atoms with Gasteiger partial charge in [0.2, 0.25) is 0 Å². The zero-order valence-electron chi connectivity index (χ0n) is 11.5. The Kier molecular flexibility index (Phi) is 4.20. The van der Waals surface area contributed by atoms with E-state index in [2.05, 4.69) is 10.3 Å². The van der Waals surface area contributed by atoms with Crippen LogP contribution in [0.25, 0.3) is 0 Å². The first-order chi connectivity index (χ1) is 9.58. The highest BCUT2D eigenvalue weighted by atomic mass is 16.5. The van der Waals surface area contributed by atoms with E-state index >= 15 is 0 Å². The molecular formula is C15H17N3O2. The lowest BCUT2D eigenvalue weighted by molar-refractivity contribution is -0.116. The van der Waals surface area contributed by atoms with Crippen LogP contribution in [0.4, 0.5) is 11.4 Å². The topological polar surface area (TPSA) is 77.2 Å². The third kappa shape index (κ3) is 3.47. The molecule has 0 aliphatic heterocycles. The van der Waals surface area contributed by atoms with Crippen LogP contribution in [-0.2, 0) is 11.2 Å². The van der Waals surface area contributed by atoms with Gasteiger partial charge in [0.1, 0.15) is 17.3 Å². The zero-order valence-corrected chi connectivity index (χ0v) is 11.5. The third-order valence-electron chi connectivity index (χ3n) is 2.75. The Morgan fingerprint density at radius 1 is 1.30 bits per heavy atom. The summed E-state index contributed by atoms with van der Waals surface area (Å²) in [6.45, 7) is 1.53. The van der Waals surface area contributed by atoms with E-state index in [-0.39, 0.29) is 5.78 Å². The van der Waals surface area contributed by atoms with Gasteiger partial charge in [-0.15, -0.1) is 0 Å². The van der Waals surface area contributed by atoms with Crippen molar-refractivity contribution in [2.24, 2.45) is 0 Å². The predicted octanol–water partition coefficient (Wildman–Crippen LogP) is 2.63. The lowest BCUT2D eigenvalue weighted by Gasteiger charge is -2.10. The monoisotopic (exact) mass is 271 g/mol. The van der Waals surface area contributed by atoms with Crippen LogP contribution in [-0.4, -0.2) is 17.8 Å². The Labute approximate surface area is 117 Å². The van der Waals surface area contributed by atoms with E-state index in [1.54, 1.807) is 24.4 Å². The summed E-state index contributed by atoms with van der Waals surface area (Å²) in [5.74, 6) is 1.34. The third-order valence-corrected chi connectivity index (χ3v) is 2.75. The number of hydrogen-bond donors (Lipinski definition) is 2. The number of aromatic nitrogens is 1. The summed E-state index contributed by atoms with van der Waals surface area (Å²) in [6, 6.07) is 8.92. The molecule has 1 aromatic heterocycles. The molecular weight excluding hydrogens is 254 g/mol. The van der Waals surface area contributed by atoms with Crippen LogP contribution in [0.2, 0.25) is 0 Å². The second kappa shape index (κ2) is 6.06. The first-order valence-corrected chi connectivity index (χ1v) is 6.28. The SMILES string of the molecule is CNc1ccc(Oc2ccnc(CC(C)=O)c2)cc1N. The number of ketones is 1. The first kappa shape index (κ1) is 13.9. The average Bonchev–Trinajstić information content (AvgIpc) is 2.38. The van der Waals surface area contributed by atoms with Crippen molar-refractivity contribution in [2.45, 2.75) is 13.3 Å². The summed E-state index contributed by atoms with van der Waals surface area (Å²) in [7, 11) is 1.81. The number of Topliss-reactive ketones (excluding diaryl/α,β-unsaturated/α-hetero) is 1. The summed E-state index contributed by atoms with van der Waals surface area (Å²) in [5, 5.41) is 2.99. The molecule has 5 nitrogen and oxygen atoms in total. The molecule has 3 N–H and O–H groups in total. The van der Waals surface area contributed by atoms with Crippen molar-refractivity contribution in [3.05, 3.63) is 42.2 Å². The highest BCUT2D eigenvalue weighted by molar-refractivity contribution is 5.77. The molecule has 0 saturated carbocycles. The molecule has 2 aromatic rings. The van der Waals surface area contributed by atoms with E-state index in [1.807, 2.05) is 19.2 Å². The van der Waals surface area contributed by atoms with Gasteiger partial charge < -0.3 is 15.8 Å². The standard InChI is InChI=1S/C15H17N3O2/c1-10(19)7-11-8-13(5-6-18-11)20-12-3-4-15(17-2)14(16)9-12/h3-6,8-9,17H,7,16H2,1-2H3. The second-order valence-corrected chi connectivity index (χ2v) is 4.46. The Morgan fingerprint density at radius 3 is 2.70 bits per heavy atom. The fraction of sp³-hybridized carbons (Fsp3) is 0.200. The van der Waals surface area contributed by atoms with Crippen LogP contribution < -0.4 is 15.8 Å². The molecule has 0 spiro atoms. The van der Waals surface area contributed by atoms with Gasteiger partial charge in [-0.2, -0.15) is 0 Å². The minimum absolute atomic E-state index is 0.0669. The van der Waals surface area contributed by atoms with Crippen molar-refractivity contribution in [3.8, 4) is 11.5 Å². The molecule has 0 unspecified atom stereocenters. The lowest BCUT2D eigenvalue weighted by Crippen LogP contribution is -1.99. The van der Waals surface area contributed by atoms with Gasteiger partial charge in [0, 0.05) is 31.8 Å². The Hall–Kier alpha value is -2.56. The minimum Gasteiger partial charge on any atom is -0.457 e. The van der Waals surface area contributed by atoms with Crippen molar-refractivity contribution >= 4 is 17.2 Å². The molecule has 0 bridgehead atoms. The number of nitrogens with zero attached hydrogens (tertiary/aromatic N) is 1. The number of nitrogens with two attached hydrogens (primary N) is 1. The molecule has 2 rings (SSSR count). The summed E-state index contributed by atoms with van der Waals surface area (Å²) in [5.41, 5.74) is 8.04. The van der Waals surface area contributed by atoms with Crippen molar-refractivity contribution in [3.63, 3.8) is 0 Å². The number of benzene rings is 1. The summed E-state index contributed by atoms with van der Waals surface area (Å²) >= 11 is 0. The number of rotatable bonds is 5. The molecule has 0 fully saturated rings. The molecule has 20 heavy (non-hydrogen) atoms. The Morgan fingerprint density at radius 2 is 2.05 bits per heavy atom. The van der Waals surface area contributed by atoms with Crippen molar-refractivity contribution in [1.82, 2.24) is 4.98 Å². The number of pyridine rings is 1. The van der Waals surface area contributed by atoms with Crippen molar-refractivity contribution < 1.29 is 9.53 Å². The van der Waals surface area contributed by atoms with Crippen LogP contribution in [0.15, 0.2) is 36.5 Å². The van der Waals surface area contributed by atoms with Crippen LogP contribution >= 0.6 is 0 Å². The van der Waals surface area contributed by atoms with Gasteiger partial charge in [-0.3, -0.25) is 9.78 Å². The van der Waals surface area contributed by atoms with Crippen molar-refractivity contribution in [2.75, 3.05) is 18.1 Å². The number of ether oxygens (including phenoxy) is 1. The number of anilines is 2. The van der Waals surface area contributed by atoms with E-state index < -0.39 is 0 Å². The highest BCUT2D eigenvalue weighted by Gasteiger charge is 2.04. The lowest BCUT2D eigenvalue weighted by atomic mass is 10.2. The van der Waals surface area contributed by atoms with Crippen molar-refractivity contribution in [1.29, 1.82) is 0 Å². The molecule has 1 aromatic carbocycles. The molecule has 0 aliphatic rings. The van der Waals surface area contributed by atoms with Crippen LogP contribution in [0.1, 0.15) is 12.6 Å². The average molecular weight is 271 g/mol. The normalized spacial score (nSPS) is 10.1. The van der Waals surface area contributed by atoms with E-state index in [0.717, 1.165) is 5.69 Å².